The molecule has 0 bridgehead atoms. The van der Waals surface area contributed by atoms with Crippen LogP contribution < -0.4 is 5.43 Å². The first-order valence-electron chi connectivity index (χ1n) is 8.71. The summed E-state index contributed by atoms with van der Waals surface area (Å²) in [5.41, 5.74) is 0.696. The molecule has 0 atom stereocenters. The van der Waals surface area contributed by atoms with Gasteiger partial charge in [0.15, 0.2) is 17.3 Å². The van der Waals surface area contributed by atoms with Crippen molar-refractivity contribution in [3.8, 4) is 16.9 Å². The molecule has 5 nitrogen and oxygen atoms in total. The number of rotatable bonds is 3. The van der Waals surface area contributed by atoms with Gasteiger partial charge in [0.2, 0.25) is 0 Å². The fraction of sp³-hybridized carbons (Fsp3) is 0.0455. The number of benzene rings is 2. The summed E-state index contributed by atoms with van der Waals surface area (Å²) in [5, 5.41) is 9.55. The first-order chi connectivity index (χ1) is 13.9. The molecule has 1 aliphatic rings. The van der Waals surface area contributed by atoms with Crippen molar-refractivity contribution in [1.82, 2.24) is 4.57 Å². The summed E-state index contributed by atoms with van der Waals surface area (Å²) in [7, 11) is 0. The van der Waals surface area contributed by atoms with Crippen molar-refractivity contribution in [2.45, 2.75) is 6.42 Å². The molecular formula is C22H14F2N2O3. The fourth-order valence-corrected chi connectivity index (χ4v) is 3.08. The van der Waals surface area contributed by atoms with Crippen LogP contribution in [0, 0.1) is 11.6 Å². The Labute approximate surface area is 163 Å². The second kappa shape index (κ2) is 7.27. The molecule has 4 rings (SSSR count). The molecule has 0 amide bonds. The number of aromatic hydroxyl groups is 1. The Morgan fingerprint density at radius 2 is 1.69 bits per heavy atom. The molecule has 1 aliphatic heterocycles. The Kier molecular flexibility index (Phi) is 4.64. The minimum atomic E-state index is -1.18. The highest BCUT2D eigenvalue weighted by Gasteiger charge is 2.19. The van der Waals surface area contributed by atoms with Gasteiger partial charge in [-0.25, -0.2) is 13.8 Å². The zero-order valence-corrected chi connectivity index (χ0v) is 15.0. The van der Waals surface area contributed by atoms with Crippen LogP contribution >= 0.6 is 0 Å². The summed E-state index contributed by atoms with van der Waals surface area (Å²) >= 11 is 0. The SMILES string of the molecule is O=C1C=C(n2cc(O)c(=O)c(F)c2)N=C(c2ccc(-c3ccccc3)c(F)c2)C1. The normalized spacial score (nSPS) is 13.8. The Hall–Kier alpha value is -3.87. The van der Waals surface area contributed by atoms with E-state index in [1.807, 2.05) is 18.2 Å². The van der Waals surface area contributed by atoms with Crippen LogP contribution in [0.25, 0.3) is 16.9 Å². The van der Waals surface area contributed by atoms with Crippen molar-refractivity contribution in [2.75, 3.05) is 0 Å². The third kappa shape index (κ3) is 3.62. The number of ketones is 1. The van der Waals surface area contributed by atoms with Gasteiger partial charge in [-0.2, -0.15) is 0 Å². The lowest BCUT2D eigenvalue weighted by Gasteiger charge is -2.15. The number of aromatic nitrogens is 1. The second-order valence-electron chi connectivity index (χ2n) is 6.49. The van der Waals surface area contributed by atoms with E-state index in [0.717, 1.165) is 22.5 Å². The molecule has 0 fully saturated rings. The van der Waals surface area contributed by atoms with Crippen LogP contribution in [0.1, 0.15) is 12.0 Å². The average Bonchev–Trinajstić information content (AvgIpc) is 2.71. The van der Waals surface area contributed by atoms with Gasteiger partial charge in [0, 0.05) is 11.6 Å². The predicted octanol–water partition coefficient (Wildman–Crippen LogP) is 3.76. The van der Waals surface area contributed by atoms with E-state index in [2.05, 4.69) is 4.99 Å². The molecule has 3 aromatic rings. The van der Waals surface area contributed by atoms with Crippen LogP contribution in [0.5, 0.6) is 5.75 Å². The van der Waals surface area contributed by atoms with Gasteiger partial charge >= 0.3 is 0 Å². The molecule has 1 N–H and O–H groups in total. The zero-order valence-electron chi connectivity index (χ0n) is 15.0. The van der Waals surface area contributed by atoms with E-state index in [-0.39, 0.29) is 18.0 Å². The number of allylic oxidation sites excluding steroid dienone is 1. The lowest BCUT2D eigenvalue weighted by Crippen LogP contribution is -2.17. The van der Waals surface area contributed by atoms with Crippen LogP contribution in [0.4, 0.5) is 8.78 Å². The predicted molar refractivity (Wildman–Crippen MR) is 105 cm³/mol. The van der Waals surface area contributed by atoms with Gasteiger partial charge in [0.05, 0.1) is 24.5 Å². The summed E-state index contributed by atoms with van der Waals surface area (Å²) in [5.74, 6) is -2.76. The lowest BCUT2D eigenvalue weighted by molar-refractivity contribution is -0.113. The van der Waals surface area contributed by atoms with E-state index in [9.17, 15) is 23.5 Å². The van der Waals surface area contributed by atoms with Crippen LogP contribution in [-0.4, -0.2) is 21.2 Å². The van der Waals surface area contributed by atoms with Crippen molar-refractivity contribution >= 4 is 17.3 Å². The largest absolute Gasteiger partial charge is 0.503 e. The summed E-state index contributed by atoms with van der Waals surface area (Å²) in [4.78, 5) is 27.8. The van der Waals surface area contributed by atoms with E-state index in [4.69, 9.17) is 0 Å². The highest BCUT2D eigenvalue weighted by Crippen LogP contribution is 2.26. The number of hydrogen-bond acceptors (Lipinski definition) is 4. The van der Waals surface area contributed by atoms with Crippen LogP contribution in [-0.2, 0) is 4.79 Å². The highest BCUT2D eigenvalue weighted by atomic mass is 19.1. The van der Waals surface area contributed by atoms with Crippen molar-refractivity contribution in [3.63, 3.8) is 0 Å². The molecule has 29 heavy (non-hydrogen) atoms. The number of aliphatic imine (C=N–C) groups is 1. The van der Waals surface area contributed by atoms with E-state index in [1.54, 1.807) is 24.3 Å². The smallest absolute Gasteiger partial charge is 0.258 e. The van der Waals surface area contributed by atoms with Crippen molar-refractivity contribution in [1.29, 1.82) is 0 Å². The maximum absolute atomic E-state index is 14.7. The summed E-state index contributed by atoms with van der Waals surface area (Å²) < 4.78 is 29.4. The highest BCUT2D eigenvalue weighted by molar-refractivity contribution is 6.18. The number of pyridine rings is 1. The number of carbonyl (C=O) groups excluding carboxylic acids is 1. The van der Waals surface area contributed by atoms with Gasteiger partial charge in [-0.15, -0.1) is 0 Å². The molecule has 0 unspecified atom stereocenters. The van der Waals surface area contributed by atoms with Crippen molar-refractivity contribution in [2.24, 2.45) is 4.99 Å². The van der Waals surface area contributed by atoms with Crippen LogP contribution in [0.2, 0.25) is 0 Å². The summed E-state index contributed by atoms with van der Waals surface area (Å²) in [6.07, 6.45) is 2.91. The molecule has 144 valence electrons. The number of halogens is 2. The number of carbonyl (C=O) groups is 1. The lowest BCUT2D eigenvalue weighted by atomic mass is 9.98. The topological polar surface area (TPSA) is 71.7 Å². The average molecular weight is 392 g/mol. The Bertz CT molecular complexity index is 1220. The molecular weight excluding hydrogens is 378 g/mol. The standard InChI is InChI=1S/C22H14F2N2O3/c23-17-8-14(6-7-16(17)13-4-2-1-3-5-13)19-9-15(27)10-21(25-19)26-11-18(24)22(29)20(28)12-26/h1-8,10-12,28H,9H2. The Balaban J connectivity index is 1.74. The number of hydrogen-bond donors (Lipinski definition) is 1. The monoisotopic (exact) mass is 392 g/mol. The Morgan fingerprint density at radius 1 is 0.931 bits per heavy atom. The number of nitrogens with zero attached hydrogens (tertiary/aromatic N) is 2. The quantitative estimate of drug-likeness (QED) is 0.738. The molecule has 0 saturated heterocycles. The molecule has 1 aromatic heterocycles. The summed E-state index contributed by atoms with van der Waals surface area (Å²) in [6, 6.07) is 13.6. The van der Waals surface area contributed by atoms with Gasteiger partial charge in [-0.05, 0) is 17.2 Å². The molecule has 0 aliphatic carbocycles. The van der Waals surface area contributed by atoms with E-state index >= 15 is 0 Å². The molecule has 7 heteroatoms. The van der Waals surface area contributed by atoms with Crippen LogP contribution in [0.3, 0.4) is 0 Å². The molecule has 0 saturated carbocycles. The van der Waals surface area contributed by atoms with E-state index in [1.165, 1.54) is 12.1 Å². The van der Waals surface area contributed by atoms with Crippen molar-refractivity contribution in [3.05, 3.63) is 94.4 Å². The van der Waals surface area contributed by atoms with Gasteiger partial charge in [0.1, 0.15) is 11.6 Å². The summed E-state index contributed by atoms with van der Waals surface area (Å²) in [6.45, 7) is 0. The van der Waals surface area contributed by atoms with Gasteiger partial charge < -0.3 is 9.67 Å². The minimum absolute atomic E-state index is 0.0120. The van der Waals surface area contributed by atoms with E-state index < -0.39 is 22.8 Å². The Morgan fingerprint density at radius 3 is 2.38 bits per heavy atom. The third-order valence-corrected chi connectivity index (χ3v) is 4.50. The second-order valence-corrected chi connectivity index (χ2v) is 6.49. The minimum Gasteiger partial charge on any atom is -0.503 e. The van der Waals surface area contributed by atoms with Crippen LogP contribution in [0.15, 0.2) is 76.8 Å². The maximum atomic E-state index is 14.7. The van der Waals surface area contributed by atoms with Gasteiger partial charge in [0.25, 0.3) is 5.43 Å². The maximum Gasteiger partial charge on any atom is 0.258 e. The van der Waals surface area contributed by atoms with Crippen molar-refractivity contribution < 1.29 is 18.7 Å². The first kappa shape index (κ1) is 18.5. The molecule has 0 radical (unpaired) electrons. The fourth-order valence-electron chi connectivity index (χ4n) is 3.08. The van der Waals surface area contributed by atoms with Gasteiger partial charge in [-0.1, -0.05) is 42.5 Å². The third-order valence-electron chi connectivity index (χ3n) is 4.50. The first-order valence-corrected chi connectivity index (χ1v) is 8.71. The molecule has 2 heterocycles. The molecule has 0 spiro atoms. The zero-order chi connectivity index (χ0) is 20.5. The van der Waals surface area contributed by atoms with Gasteiger partial charge in [-0.3, -0.25) is 9.59 Å². The molecule has 2 aromatic carbocycles. The van der Waals surface area contributed by atoms with E-state index in [0.29, 0.717) is 16.8 Å².